The number of rotatable bonds is 8. The third-order valence-corrected chi connectivity index (χ3v) is 5.95. The number of nitrogens with one attached hydrogen (secondary N) is 3. The van der Waals surface area contributed by atoms with Crippen LogP contribution in [0.1, 0.15) is 12.2 Å². The van der Waals surface area contributed by atoms with Crippen LogP contribution in [0.2, 0.25) is 0 Å². The summed E-state index contributed by atoms with van der Waals surface area (Å²) >= 11 is 1.06. The van der Waals surface area contributed by atoms with Gasteiger partial charge in [0.05, 0.1) is 18.6 Å². The third kappa shape index (κ3) is 5.93. The predicted octanol–water partition coefficient (Wildman–Crippen LogP) is 2.43. The lowest BCUT2D eigenvalue weighted by Crippen LogP contribution is -2.53. The second-order valence-electron chi connectivity index (χ2n) is 7.52. The van der Waals surface area contributed by atoms with E-state index in [1.165, 1.54) is 0 Å². The van der Waals surface area contributed by atoms with Gasteiger partial charge in [0, 0.05) is 30.6 Å². The maximum atomic E-state index is 13.8. The number of urea groups is 1. The van der Waals surface area contributed by atoms with Crippen molar-refractivity contribution in [3.8, 4) is 11.4 Å². The van der Waals surface area contributed by atoms with Crippen LogP contribution in [-0.4, -0.2) is 51.5 Å². The van der Waals surface area contributed by atoms with Crippen LogP contribution in [0.25, 0.3) is 5.69 Å². The molecule has 3 aromatic rings. The summed E-state index contributed by atoms with van der Waals surface area (Å²) in [4.78, 5) is 35.8. The van der Waals surface area contributed by atoms with Crippen LogP contribution in [-0.2, 0) is 16.0 Å². The highest BCUT2D eigenvalue weighted by molar-refractivity contribution is 7.99. The molecule has 0 saturated carbocycles. The van der Waals surface area contributed by atoms with E-state index in [-0.39, 0.29) is 24.3 Å². The number of imide groups is 1. The smallest absolute Gasteiger partial charge is 0.321 e. The van der Waals surface area contributed by atoms with Crippen LogP contribution in [0.4, 0.5) is 19.3 Å². The fourth-order valence-electron chi connectivity index (χ4n) is 3.44. The first kappa shape index (κ1) is 24.1. The third-order valence-electron chi connectivity index (χ3n) is 5.02. The highest BCUT2D eigenvalue weighted by atomic mass is 32.2. The number of hydrogen-bond acceptors (Lipinski definition) is 7. The first-order valence-corrected chi connectivity index (χ1v) is 11.4. The molecular formula is C22H20F2N6O4S. The van der Waals surface area contributed by atoms with Crippen LogP contribution in [0, 0.1) is 11.6 Å². The van der Waals surface area contributed by atoms with Gasteiger partial charge in [0.25, 0.3) is 0 Å². The Bertz CT molecular complexity index is 1250. The second kappa shape index (κ2) is 10.5. The van der Waals surface area contributed by atoms with Crippen molar-refractivity contribution in [2.75, 3.05) is 18.2 Å². The van der Waals surface area contributed by atoms with Gasteiger partial charge in [0.15, 0.2) is 5.16 Å². The number of hydrogen-bond donors (Lipinski definition) is 3. The molecule has 2 heterocycles. The topological polar surface area (TPSA) is 127 Å². The van der Waals surface area contributed by atoms with E-state index in [1.54, 1.807) is 35.9 Å². The quantitative estimate of drug-likeness (QED) is 0.404. The zero-order valence-corrected chi connectivity index (χ0v) is 19.2. The summed E-state index contributed by atoms with van der Waals surface area (Å²) in [5.74, 6) is -1.59. The molecule has 1 unspecified atom stereocenters. The maximum absolute atomic E-state index is 13.8. The minimum Gasteiger partial charge on any atom is -0.497 e. The molecule has 4 amide bonds. The summed E-state index contributed by atoms with van der Waals surface area (Å²) in [5.41, 5.74) is 0.533. The summed E-state index contributed by atoms with van der Waals surface area (Å²) < 4.78 is 33.8. The summed E-state index contributed by atoms with van der Waals surface area (Å²) in [6.07, 6.45) is 0.293. The highest BCUT2D eigenvalue weighted by Crippen LogP contribution is 2.25. The summed E-state index contributed by atoms with van der Waals surface area (Å²) in [6, 6.07) is 8.83. The van der Waals surface area contributed by atoms with E-state index in [2.05, 4.69) is 26.1 Å². The number of benzene rings is 2. The molecule has 3 N–H and O–H groups in total. The van der Waals surface area contributed by atoms with E-state index in [4.69, 9.17) is 4.74 Å². The lowest BCUT2D eigenvalue weighted by molar-refractivity contribution is -0.121. The number of anilines is 1. The number of carbonyl (C=O) groups is 3. The van der Waals surface area contributed by atoms with Crippen molar-refractivity contribution in [3.05, 3.63) is 59.9 Å². The van der Waals surface area contributed by atoms with Crippen LogP contribution in [0.5, 0.6) is 5.75 Å². The Kier molecular flexibility index (Phi) is 7.25. The predicted molar refractivity (Wildman–Crippen MR) is 122 cm³/mol. The Morgan fingerprint density at radius 1 is 1.20 bits per heavy atom. The number of thioether (sulfide) groups is 1. The largest absolute Gasteiger partial charge is 0.497 e. The zero-order valence-electron chi connectivity index (χ0n) is 18.4. The average molecular weight is 503 g/mol. The number of aromatic nitrogens is 3. The number of ether oxygens (including phenoxy) is 1. The molecule has 4 rings (SSSR count). The molecule has 1 aromatic heterocycles. The molecule has 1 aliphatic rings. The molecule has 1 saturated heterocycles. The van der Waals surface area contributed by atoms with Gasteiger partial charge in [-0.3, -0.25) is 19.5 Å². The van der Waals surface area contributed by atoms with E-state index >= 15 is 0 Å². The Morgan fingerprint density at radius 3 is 2.66 bits per heavy atom. The maximum Gasteiger partial charge on any atom is 0.321 e. The van der Waals surface area contributed by atoms with Gasteiger partial charge in [0.1, 0.15) is 23.2 Å². The van der Waals surface area contributed by atoms with Gasteiger partial charge >= 0.3 is 6.03 Å². The van der Waals surface area contributed by atoms with Crippen LogP contribution < -0.4 is 20.7 Å². The lowest BCUT2D eigenvalue weighted by atomic mass is 10.1. The summed E-state index contributed by atoms with van der Waals surface area (Å²) in [5, 5.41) is 16.0. The molecule has 2 aromatic carbocycles. The van der Waals surface area contributed by atoms with Gasteiger partial charge in [-0.1, -0.05) is 11.8 Å². The molecule has 0 bridgehead atoms. The van der Waals surface area contributed by atoms with Gasteiger partial charge in [0.2, 0.25) is 11.8 Å². The van der Waals surface area contributed by atoms with E-state index in [1.807, 2.05) is 0 Å². The van der Waals surface area contributed by atoms with Crippen molar-refractivity contribution in [1.29, 1.82) is 0 Å². The summed E-state index contributed by atoms with van der Waals surface area (Å²) in [7, 11) is 1.54. The van der Waals surface area contributed by atoms with Crippen molar-refractivity contribution in [1.82, 2.24) is 25.4 Å². The Morgan fingerprint density at radius 2 is 1.97 bits per heavy atom. The molecule has 0 radical (unpaired) electrons. The lowest BCUT2D eigenvalue weighted by Gasteiger charge is -2.23. The normalized spacial score (nSPS) is 15.3. The summed E-state index contributed by atoms with van der Waals surface area (Å²) in [6.45, 7) is 0. The Balaban J connectivity index is 1.54. The number of halogens is 2. The fraction of sp³-hybridized carbons (Fsp3) is 0.227. The molecular weight excluding hydrogens is 482 g/mol. The standard InChI is InChI=1S/C22H20F2N6O4S/c1-34-15-5-3-14(4-6-15)30-18(9-13-10-19(31)27-21(33)25-13)28-29-22(30)35-11-20(32)26-17-7-2-12(23)8-16(17)24/h2-8,13H,9-11H2,1H3,(H,26,32)(H2,25,27,31,33). The van der Waals surface area contributed by atoms with Crippen molar-refractivity contribution in [2.45, 2.75) is 24.0 Å². The number of methoxy groups -OCH3 is 1. The van der Waals surface area contributed by atoms with Crippen molar-refractivity contribution in [3.63, 3.8) is 0 Å². The molecule has 35 heavy (non-hydrogen) atoms. The van der Waals surface area contributed by atoms with E-state index in [0.29, 0.717) is 28.5 Å². The van der Waals surface area contributed by atoms with Gasteiger partial charge in [-0.2, -0.15) is 0 Å². The van der Waals surface area contributed by atoms with Gasteiger partial charge < -0.3 is 15.4 Å². The van der Waals surface area contributed by atoms with Crippen LogP contribution >= 0.6 is 11.8 Å². The molecule has 1 fully saturated rings. The second-order valence-corrected chi connectivity index (χ2v) is 8.46. The van der Waals surface area contributed by atoms with Crippen LogP contribution in [0.3, 0.4) is 0 Å². The first-order chi connectivity index (χ1) is 16.8. The van der Waals surface area contributed by atoms with Gasteiger partial charge in [-0.15, -0.1) is 10.2 Å². The van der Waals surface area contributed by atoms with Gasteiger partial charge in [-0.25, -0.2) is 13.6 Å². The molecule has 0 aliphatic carbocycles. The van der Waals surface area contributed by atoms with Crippen LogP contribution in [0.15, 0.2) is 47.6 Å². The van der Waals surface area contributed by atoms with Gasteiger partial charge in [-0.05, 0) is 36.4 Å². The molecule has 1 atom stereocenters. The first-order valence-electron chi connectivity index (χ1n) is 10.4. The zero-order chi connectivity index (χ0) is 24.9. The minimum atomic E-state index is -0.884. The molecule has 13 heteroatoms. The number of carbonyl (C=O) groups excluding carboxylic acids is 3. The average Bonchev–Trinajstić information content (AvgIpc) is 3.21. The monoisotopic (exact) mass is 502 g/mol. The molecule has 0 spiro atoms. The number of amides is 4. The van der Waals surface area contributed by atoms with E-state index in [0.717, 1.165) is 23.9 Å². The highest BCUT2D eigenvalue weighted by Gasteiger charge is 2.27. The van der Waals surface area contributed by atoms with E-state index < -0.39 is 35.5 Å². The van der Waals surface area contributed by atoms with Crippen molar-refractivity contribution < 1.29 is 27.9 Å². The Hall–Kier alpha value is -4.00. The minimum absolute atomic E-state index is 0.0787. The fourth-order valence-corrected chi connectivity index (χ4v) is 4.21. The molecule has 10 nitrogen and oxygen atoms in total. The Labute approximate surface area is 202 Å². The van der Waals surface area contributed by atoms with Crippen molar-refractivity contribution in [2.24, 2.45) is 0 Å². The molecule has 182 valence electrons. The van der Waals surface area contributed by atoms with E-state index in [9.17, 15) is 23.2 Å². The molecule has 1 aliphatic heterocycles. The number of nitrogens with zero attached hydrogens (tertiary/aromatic N) is 3. The SMILES string of the molecule is COc1ccc(-n2c(CC3CC(=O)NC(=O)N3)nnc2SCC(=O)Nc2ccc(F)cc2F)cc1. The van der Waals surface area contributed by atoms with Crippen molar-refractivity contribution >= 4 is 35.3 Å².